The van der Waals surface area contributed by atoms with Crippen LogP contribution in [-0.4, -0.2) is 28.0 Å². The lowest BCUT2D eigenvalue weighted by Gasteiger charge is -2.42. The van der Waals surface area contributed by atoms with Crippen LogP contribution in [0.4, 0.5) is 0 Å². The van der Waals surface area contributed by atoms with Crippen LogP contribution >= 0.6 is 0 Å². The molecule has 0 fully saturated rings. The van der Waals surface area contributed by atoms with Crippen molar-refractivity contribution in [2.45, 2.75) is 101 Å². The zero-order chi connectivity index (χ0) is 17.8. The highest BCUT2D eigenvalue weighted by Gasteiger charge is 2.43. The summed E-state index contributed by atoms with van der Waals surface area (Å²) in [6.45, 7) is 27.4. The van der Waals surface area contributed by atoms with Gasteiger partial charge in [-0.1, -0.05) is 55.4 Å². The average Bonchev–Trinajstić information content (AvgIpc) is 2.77. The molecule has 0 atom stereocenters. The van der Waals surface area contributed by atoms with Gasteiger partial charge in [-0.15, -0.1) is 0 Å². The highest BCUT2D eigenvalue weighted by Crippen LogP contribution is 2.42. The molecule has 0 amide bonds. The zero-order valence-electron chi connectivity index (χ0n) is 17.4. The van der Waals surface area contributed by atoms with Gasteiger partial charge in [-0.05, 0) is 45.4 Å². The van der Waals surface area contributed by atoms with E-state index in [0.717, 1.165) is 0 Å². The van der Waals surface area contributed by atoms with E-state index in [4.69, 9.17) is 0 Å². The number of hydrogen-bond donors (Lipinski definition) is 0. The number of hydrogen-bond acceptors (Lipinski definition) is 2. The summed E-state index contributed by atoms with van der Waals surface area (Å²) in [7, 11) is 0. The lowest BCUT2D eigenvalue weighted by Crippen LogP contribution is -2.49. The van der Waals surface area contributed by atoms with Gasteiger partial charge in [-0.25, -0.2) is 0 Å². The summed E-state index contributed by atoms with van der Waals surface area (Å²) in [6, 6.07) is 1.11. The van der Waals surface area contributed by atoms with Crippen LogP contribution < -0.4 is 0 Å². The van der Waals surface area contributed by atoms with E-state index in [9.17, 15) is 0 Å². The minimum atomic E-state index is 0.504. The third kappa shape index (κ3) is 4.20. The van der Waals surface area contributed by atoms with Gasteiger partial charge in [0.25, 0.3) is 0 Å². The van der Waals surface area contributed by atoms with Crippen LogP contribution in [0.25, 0.3) is 0 Å². The minimum Gasteiger partial charge on any atom is -0.350 e. The van der Waals surface area contributed by atoms with E-state index in [1.165, 1.54) is 0 Å². The predicted octanol–water partition coefficient (Wildman–Crippen LogP) is 5.95. The fourth-order valence-electron chi connectivity index (χ4n) is 3.68. The van der Waals surface area contributed by atoms with Crippen LogP contribution in [-0.2, 0) is 0 Å². The molecule has 0 aliphatic carbocycles. The van der Waals surface area contributed by atoms with E-state index in [0.29, 0.717) is 36.0 Å². The Morgan fingerprint density at radius 1 is 0.591 bits per heavy atom. The first kappa shape index (κ1) is 21.3. The maximum atomic E-state index is 2.69. The summed E-state index contributed by atoms with van der Waals surface area (Å²) in [5, 5.41) is 0. The Morgan fingerprint density at radius 3 is 1.00 bits per heavy atom. The van der Waals surface area contributed by atoms with Gasteiger partial charge in [-0.2, -0.15) is 0 Å². The van der Waals surface area contributed by atoms with Gasteiger partial charge >= 0.3 is 0 Å². The third-order valence-corrected chi connectivity index (χ3v) is 4.19. The molecule has 0 spiro atoms. The molecule has 22 heavy (non-hydrogen) atoms. The Labute approximate surface area is 141 Å². The molecule has 132 valence electrons. The first-order chi connectivity index (χ1) is 10.1. The average molecular weight is 311 g/mol. The summed E-state index contributed by atoms with van der Waals surface area (Å²) in [6.07, 6.45) is 0.504. The highest BCUT2D eigenvalue weighted by molar-refractivity contribution is 5.25. The minimum absolute atomic E-state index is 0.504. The van der Waals surface area contributed by atoms with E-state index >= 15 is 0 Å². The smallest absolute Gasteiger partial charge is 0.104 e. The Hall–Kier alpha value is -0.660. The lowest BCUT2D eigenvalue weighted by atomic mass is 10.00. The molecule has 1 aliphatic heterocycles. The Balaban J connectivity index is 0.00000211. The van der Waals surface area contributed by atoms with Crippen molar-refractivity contribution in [1.29, 1.82) is 0 Å². The molecule has 0 saturated heterocycles. The summed E-state index contributed by atoms with van der Waals surface area (Å²) < 4.78 is 0. The normalized spacial score (nSPS) is 16.8. The third-order valence-electron chi connectivity index (χ3n) is 4.19. The molecular formula is C20H42N2. The van der Waals surface area contributed by atoms with Crippen molar-refractivity contribution in [1.82, 2.24) is 9.80 Å². The fraction of sp³-hybridized carbons (Fsp3) is 0.900. The summed E-state index contributed by atoms with van der Waals surface area (Å²) in [4.78, 5) is 5.37. The van der Waals surface area contributed by atoms with Crippen LogP contribution in [0, 0.1) is 17.8 Å². The van der Waals surface area contributed by atoms with Crippen molar-refractivity contribution in [2.24, 2.45) is 17.8 Å². The van der Waals surface area contributed by atoms with Gasteiger partial charge in [0, 0.05) is 23.5 Å². The van der Waals surface area contributed by atoms with E-state index in [1.807, 2.05) is 13.8 Å². The number of rotatable bonds is 5. The van der Waals surface area contributed by atoms with Crippen molar-refractivity contribution in [2.75, 3.05) is 0 Å². The summed E-state index contributed by atoms with van der Waals surface area (Å²) in [5.41, 5.74) is 3.14. The van der Waals surface area contributed by atoms with Crippen molar-refractivity contribution in [3.05, 3.63) is 11.4 Å². The second-order valence-corrected chi connectivity index (χ2v) is 7.74. The van der Waals surface area contributed by atoms with Crippen LogP contribution in [0.2, 0.25) is 0 Å². The van der Waals surface area contributed by atoms with E-state index < -0.39 is 0 Å². The van der Waals surface area contributed by atoms with E-state index in [-0.39, 0.29) is 0 Å². The maximum Gasteiger partial charge on any atom is 0.104 e. The van der Waals surface area contributed by atoms with Crippen molar-refractivity contribution >= 4 is 0 Å². The molecule has 0 radical (unpaired) electrons. The van der Waals surface area contributed by atoms with Crippen LogP contribution in [0.1, 0.15) is 83.1 Å². The van der Waals surface area contributed by atoms with Crippen LogP contribution in [0.5, 0.6) is 0 Å². The monoisotopic (exact) mass is 310 g/mol. The second kappa shape index (κ2) is 8.84. The second-order valence-electron chi connectivity index (χ2n) is 7.74. The van der Waals surface area contributed by atoms with Crippen molar-refractivity contribution < 1.29 is 0 Å². The molecule has 1 aliphatic rings. The Morgan fingerprint density at radius 2 is 0.864 bits per heavy atom. The largest absolute Gasteiger partial charge is 0.350 e. The first-order valence-electron chi connectivity index (χ1n) is 9.41. The summed E-state index contributed by atoms with van der Waals surface area (Å²) >= 11 is 0. The molecule has 1 rings (SSSR count). The van der Waals surface area contributed by atoms with Crippen LogP contribution in [0.3, 0.4) is 0 Å². The Bertz CT molecular complexity index is 321. The molecular weight excluding hydrogens is 268 g/mol. The standard InChI is InChI=1S/C18H36N2.C2H6/c1-11(2)16-17(12(3)4)20(15(9)10)18(13(5)6)19(16)14(7)8;1-2/h11-15,18H,1-10H3;1-2H3. The predicted molar refractivity (Wildman–Crippen MR) is 101 cm³/mol. The van der Waals surface area contributed by atoms with E-state index in [1.54, 1.807) is 11.4 Å². The molecule has 0 unspecified atom stereocenters. The number of allylic oxidation sites excluding steroid dienone is 2. The van der Waals surface area contributed by atoms with Crippen molar-refractivity contribution in [3.8, 4) is 0 Å². The first-order valence-corrected chi connectivity index (χ1v) is 9.41. The molecule has 1 heterocycles. The van der Waals surface area contributed by atoms with Crippen molar-refractivity contribution in [3.63, 3.8) is 0 Å². The van der Waals surface area contributed by atoms with Gasteiger partial charge in [0.2, 0.25) is 0 Å². The fourth-order valence-corrected chi connectivity index (χ4v) is 3.68. The molecule has 0 aromatic carbocycles. The van der Waals surface area contributed by atoms with Gasteiger partial charge in [0.05, 0.1) is 0 Å². The summed E-state index contributed by atoms with van der Waals surface area (Å²) in [5.74, 6) is 1.80. The molecule has 2 nitrogen and oxygen atoms in total. The van der Waals surface area contributed by atoms with Gasteiger partial charge < -0.3 is 9.80 Å². The quantitative estimate of drug-likeness (QED) is 0.619. The maximum absolute atomic E-state index is 2.69. The molecule has 0 saturated carbocycles. The molecule has 2 heteroatoms. The lowest BCUT2D eigenvalue weighted by molar-refractivity contribution is 0.0473. The highest BCUT2D eigenvalue weighted by atomic mass is 15.4. The zero-order valence-corrected chi connectivity index (χ0v) is 17.4. The van der Waals surface area contributed by atoms with Gasteiger partial charge in [-0.3, -0.25) is 0 Å². The number of nitrogens with zero attached hydrogens (tertiary/aromatic N) is 2. The molecule has 0 bridgehead atoms. The van der Waals surface area contributed by atoms with E-state index in [2.05, 4.69) is 79.0 Å². The van der Waals surface area contributed by atoms with Gasteiger partial charge in [0.1, 0.15) is 6.17 Å². The molecule has 0 aromatic heterocycles. The Kier molecular flexibility index (Phi) is 8.57. The van der Waals surface area contributed by atoms with Gasteiger partial charge in [0.15, 0.2) is 0 Å². The SMILES string of the molecule is CC.CC(C)C1=C(C(C)C)N(C(C)C)C(C(C)C)N1C(C)C. The molecule has 0 N–H and O–H groups in total. The van der Waals surface area contributed by atoms with Crippen LogP contribution in [0.15, 0.2) is 11.4 Å². The molecule has 0 aromatic rings. The topological polar surface area (TPSA) is 6.48 Å².